The molecule has 3 nitrogen and oxygen atoms in total. The molecule has 3 heteroatoms. The molecule has 0 radical (unpaired) electrons. The van der Waals surface area contributed by atoms with E-state index in [4.69, 9.17) is 4.98 Å². The Morgan fingerprint density at radius 2 is 2.25 bits per heavy atom. The van der Waals surface area contributed by atoms with E-state index in [1.165, 1.54) is 24.1 Å². The van der Waals surface area contributed by atoms with E-state index < -0.39 is 0 Å². The number of pyridine rings is 1. The van der Waals surface area contributed by atoms with Crippen molar-refractivity contribution in [3.05, 3.63) is 28.6 Å². The van der Waals surface area contributed by atoms with Crippen LogP contribution in [0.3, 0.4) is 0 Å². The molecular weight excluding hydrogens is 200 g/mol. The van der Waals surface area contributed by atoms with Crippen molar-refractivity contribution in [1.29, 1.82) is 0 Å². The van der Waals surface area contributed by atoms with Crippen molar-refractivity contribution < 1.29 is 4.79 Å². The van der Waals surface area contributed by atoms with Crippen LogP contribution in [0.1, 0.15) is 53.0 Å². The van der Waals surface area contributed by atoms with Gasteiger partial charge in [-0.15, -0.1) is 0 Å². The number of nitrogens with zero attached hydrogens (tertiary/aromatic N) is 2. The molecular formula is C13H16N2O. The molecule has 84 valence electrons. The number of amides is 1. The second-order valence-electron chi connectivity index (χ2n) is 4.81. The summed E-state index contributed by atoms with van der Waals surface area (Å²) in [6.07, 6.45) is 3.39. The second-order valence-corrected chi connectivity index (χ2v) is 4.81. The Kier molecular flexibility index (Phi) is 2.03. The minimum absolute atomic E-state index is 0.161. The van der Waals surface area contributed by atoms with Gasteiger partial charge in [-0.1, -0.05) is 6.92 Å². The molecule has 0 bridgehead atoms. The molecule has 0 atom stereocenters. The highest BCUT2D eigenvalue weighted by molar-refractivity contribution is 5.98. The number of rotatable bonds is 2. The third-order valence-corrected chi connectivity index (χ3v) is 3.51. The molecule has 1 aromatic rings. The molecule has 0 N–H and O–H groups in total. The van der Waals surface area contributed by atoms with E-state index in [1.807, 2.05) is 13.1 Å². The molecule has 1 aromatic heterocycles. The Balaban J connectivity index is 2.16. The van der Waals surface area contributed by atoms with E-state index in [0.717, 1.165) is 24.2 Å². The zero-order valence-electron chi connectivity index (χ0n) is 9.79. The molecule has 2 heterocycles. The average molecular weight is 216 g/mol. The minimum atomic E-state index is 0.161. The van der Waals surface area contributed by atoms with Crippen molar-refractivity contribution in [2.24, 2.45) is 0 Å². The highest BCUT2D eigenvalue weighted by Gasteiger charge is 2.34. The monoisotopic (exact) mass is 216 g/mol. The fourth-order valence-electron chi connectivity index (χ4n) is 2.39. The van der Waals surface area contributed by atoms with Crippen LogP contribution in [0.15, 0.2) is 6.07 Å². The first-order valence-corrected chi connectivity index (χ1v) is 5.99. The van der Waals surface area contributed by atoms with Gasteiger partial charge in [0, 0.05) is 42.0 Å². The van der Waals surface area contributed by atoms with Gasteiger partial charge in [-0.2, -0.15) is 0 Å². The second kappa shape index (κ2) is 3.30. The van der Waals surface area contributed by atoms with Gasteiger partial charge in [0.2, 0.25) is 0 Å². The van der Waals surface area contributed by atoms with Gasteiger partial charge in [0.25, 0.3) is 5.91 Å². The number of fused-ring (bicyclic) bond motifs is 1. The van der Waals surface area contributed by atoms with Gasteiger partial charge in [0.15, 0.2) is 0 Å². The predicted molar refractivity (Wildman–Crippen MR) is 61.4 cm³/mol. The molecule has 1 amide bonds. The first-order valence-electron chi connectivity index (χ1n) is 5.99. The lowest BCUT2D eigenvalue weighted by Gasteiger charge is -2.07. The van der Waals surface area contributed by atoms with E-state index in [-0.39, 0.29) is 5.91 Å². The maximum atomic E-state index is 12.0. The third kappa shape index (κ3) is 1.34. The first-order chi connectivity index (χ1) is 7.70. The van der Waals surface area contributed by atoms with Gasteiger partial charge in [-0.05, 0) is 25.3 Å². The summed E-state index contributed by atoms with van der Waals surface area (Å²) >= 11 is 0. The Bertz CT molecular complexity index is 463. The highest BCUT2D eigenvalue weighted by Crippen LogP contribution is 2.43. The summed E-state index contributed by atoms with van der Waals surface area (Å²) in [6, 6.07) is 1.98. The number of hydrogen-bond acceptors (Lipinski definition) is 2. The lowest BCUT2D eigenvalue weighted by molar-refractivity contribution is 0.0816. The number of aryl methyl sites for hydroxylation is 1. The molecule has 2 aliphatic rings. The van der Waals surface area contributed by atoms with Crippen LogP contribution < -0.4 is 0 Å². The standard InChI is InChI=1S/C13H16N2O/c1-3-9-6-10-11(7-15(2)13(10)16)12(14-9)8-4-5-8/h6,8H,3-5,7H2,1-2H3. The lowest BCUT2D eigenvalue weighted by Crippen LogP contribution is -2.17. The van der Waals surface area contributed by atoms with Gasteiger partial charge in [-0.3, -0.25) is 9.78 Å². The molecule has 0 aromatic carbocycles. The summed E-state index contributed by atoms with van der Waals surface area (Å²) in [5.41, 5.74) is 4.35. The quantitative estimate of drug-likeness (QED) is 0.758. The van der Waals surface area contributed by atoms with E-state index in [0.29, 0.717) is 5.92 Å². The van der Waals surface area contributed by atoms with Gasteiger partial charge < -0.3 is 4.90 Å². The maximum absolute atomic E-state index is 12.0. The number of aromatic nitrogens is 1. The summed E-state index contributed by atoms with van der Waals surface area (Å²) in [6.45, 7) is 2.84. The third-order valence-electron chi connectivity index (χ3n) is 3.51. The summed E-state index contributed by atoms with van der Waals surface area (Å²) in [5.74, 6) is 0.786. The molecule has 1 fully saturated rings. The number of hydrogen-bond donors (Lipinski definition) is 0. The summed E-state index contributed by atoms with van der Waals surface area (Å²) in [7, 11) is 1.87. The van der Waals surface area contributed by atoms with Crippen LogP contribution in [-0.4, -0.2) is 22.8 Å². The maximum Gasteiger partial charge on any atom is 0.254 e. The molecule has 0 spiro atoms. The van der Waals surface area contributed by atoms with Gasteiger partial charge in [0.1, 0.15) is 0 Å². The SMILES string of the molecule is CCc1cc2c(c(C3CC3)n1)CN(C)C2=O. The fraction of sp³-hybridized carbons (Fsp3) is 0.538. The Morgan fingerprint density at radius 3 is 2.88 bits per heavy atom. The van der Waals surface area contributed by atoms with Gasteiger partial charge >= 0.3 is 0 Å². The molecule has 1 aliphatic heterocycles. The van der Waals surface area contributed by atoms with E-state index in [2.05, 4.69) is 6.92 Å². The van der Waals surface area contributed by atoms with Crippen LogP contribution in [0.25, 0.3) is 0 Å². The van der Waals surface area contributed by atoms with Crippen molar-refractivity contribution >= 4 is 5.91 Å². The molecule has 16 heavy (non-hydrogen) atoms. The summed E-state index contributed by atoms with van der Waals surface area (Å²) in [4.78, 5) is 18.5. The summed E-state index contributed by atoms with van der Waals surface area (Å²) in [5, 5.41) is 0. The van der Waals surface area contributed by atoms with Crippen LogP contribution in [0, 0.1) is 0 Å². The van der Waals surface area contributed by atoms with E-state index in [1.54, 1.807) is 4.90 Å². The molecule has 0 unspecified atom stereocenters. The van der Waals surface area contributed by atoms with Gasteiger partial charge in [0.05, 0.1) is 0 Å². The lowest BCUT2D eigenvalue weighted by atomic mass is 10.0. The number of carbonyl (C=O) groups is 1. The predicted octanol–water partition coefficient (Wildman–Crippen LogP) is 2.11. The Labute approximate surface area is 95.5 Å². The van der Waals surface area contributed by atoms with Gasteiger partial charge in [-0.25, -0.2) is 0 Å². The van der Waals surface area contributed by atoms with Crippen molar-refractivity contribution in [3.8, 4) is 0 Å². The fourth-order valence-corrected chi connectivity index (χ4v) is 2.39. The Morgan fingerprint density at radius 1 is 1.50 bits per heavy atom. The van der Waals surface area contributed by atoms with E-state index in [9.17, 15) is 4.79 Å². The minimum Gasteiger partial charge on any atom is -0.337 e. The van der Waals surface area contributed by atoms with Crippen LogP contribution in [-0.2, 0) is 13.0 Å². The first kappa shape index (κ1) is 9.82. The normalized spacial score (nSPS) is 19.1. The van der Waals surface area contributed by atoms with Crippen LogP contribution in [0.5, 0.6) is 0 Å². The molecule has 0 saturated heterocycles. The van der Waals surface area contributed by atoms with Crippen molar-refractivity contribution in [3.63, 3.8) is 0 Å². The van der Waals surface area contributed by atoms with E-state index >= 15 is 0 Å². The van der Waals surface area contributed by atoms with Crippen molar-refractivity contribution in [1.82, 2.24) is 9.88 Å². The molecule has 1 saturated carbocycles. The van der Waals surface area contributed by atoms with Crippen LogP contribution in [0.4, 0.5) is 0 Å². The molecule has 3 rings (SSSR count). The Hall–Kier alpha value is -1.38. The van der Waals surface area contributed by atoms with Crippen molar-refractivity contribution in [2.75, 3.05) is 7.05 Å². The van der Waals surface area contributed by atoms with Crippen LogP contribution >= 0.6 is 0 Å². The molecule has 1 aliphatic carbocycles. The zero-order valence-corrected chi connectivity index (χ0v) is 9.79. The largest absolute Gasteiger partial charge is 0.337 e. The van der Waals surface area contributed by atoms with Crippen molar-refractivity contribution in [2.45, 2.75) is 38.6 Å². The zero-order chi connectivity index (χ0) is 11.3. The van der Waals surface area contributed by atoms with Crippen LogP contribution in [0.2, 0.25) is 0 Å². The topological polar surface area (TPSA) is 33.2 Å². The number of carbonyl (C=O) groups excluding carboxylic acids is 1. The highest BCUT2D eigenvalue weighted by atomic mass is 16.2. The average Bonchev–Trinajstić information content (AvgIpc) is 3.08. The smallest absolute Gasteiger partial charge is 0.254 e. The summed E-state index contributed by atoms with van der Waals surface area (Å²) < 4.78 is 0.